The van der Waals surface area contributed by atoms with Crippen molar-refractivity contribution in [1.82, 2.24) is 9.97 Å². The molecule has 1 unspecified atom stereocenters. The number of rotatable bonds is 3. The third-order valence-corrected chi connectivity index (χ3v) is 5.36. The van der Waals surface area contributed by atoms with Crippen molar-refractivity contribution in [2.75, 3.05) is 0 Å². The molecule has 0 fully saturated rings. The molecule has 2 aromatic heterocycles. The molecule has 30 heavy (non-hydrogen) atoms. The Labute approximate surface area is 171 Å². The lowest BCUT2D eigenvalue weighted by molar-refractivity contribution is 0.555. The molecule has 1 aliphatic heterocycles. The zero-order valence-electron chi connectivity index (χ0n) is 15.8. The highest BCUT2D eigenvalue weighted by Gasteiger charge is 2.44. The highest BCUT2D eigenvalue weighted by molar-refractivity contribution is 6.03. The largest absolute Gasteiger partial charge is 0.383 e. The first-order valence-electron chi connectivity index (χ1n) is 9.36. The molecule has 1 atom stereocenters. The van der Waals surface area contributed by atoms with Crippen LogP contribution in [0.25, 0.3) is 11.1 Å². The van der Waals surface area contributed by atoms with Crippen molar-refractivity contribution >= 4 is 5.84 Å². The number of pyridine rings is 2. The molecule has 4 nitrogen and oxygen atoms in total. The van der Waals surface area contributed by atoms with E-state index >= 15 is 4.39 Å². The Bertz CT molecular complexity index is 1300. The summed E-state index contributed by atoms with van der Waals surface area (Å²) in [7, 11) is 0. The number of nitrogens with two attached hydrogens (primary N) is 1. The van der Waals surface area contributed by atoms with E-state index < -0.39 is 17.2 Å². The van der Waals surface area contributed by atoms with Gasteiger partial charge in [0.2, 0.25) is 0 Å². The maximum absolute atomic E-state index is 15.0. The minimum atomic E-state index is -1.18. The molecule has 4 aromatic rings. The number of aromatic nitrogens is 2. The average molecular weight is 398 g/mol. The first-order valence-corrected chi connectivity index (χ1v) is 9.36. The molecule has 6 heteroatoms. The fourth-order valence-electron chi connectivity index (χ4n) is 4.07. The van der Waals surface area contributed by atoms with Crippen LogP contribution in [0.5, 0.6) is 0 Å². The van der Waals surface area contributed by atoms with Gasteiger partial charge >= 0.3 is 0 Å². The number of nitrogens with zero attached hydrogens (tertiary/aromatic N) is 3. The molecule has 3 heterocycles. The lowest BCUT2D eigenvalue weighted by Crippen LogP contribution is -2.27. The Kier molecular flexibility index (Phi) is 4.13. The van der Waals surface area contributed by atoms with Crippen LogP contribution in [0.4, 0.5) is 8.78 Å². The monoisotopic (exact) mass is 398 g/mol. The van der Waals surface area contributed by atoms with Crippen molar-refractivity contribution in [2.45, 2.75) is 5.54 Å². The van der Waals surface area contributed by atoms with E-state index in [4.69, 9.17) is 10.7 Å². The van der Waals surface area contributed by atoms with Crippen LogP contribution < -0.4 is 5.73 Å². The van der Waals surface area contributed by atoms with Crippen molar-refractivity contribution < 1.29 is 8.78 Å². The Hall–Kier alpha value is -3.93. The van der Waals surface area contributed by atoms with E-state index in [0.29, 0.717) is 22.5 Å². The van der Waals surface area contributed by atoms with E-state index in [0.717, 1.165) is 22.9 Å². The summed E-state index contributed by atoms with van der Waals surface area (Å²) >= 11 is 0. The van der Waals surface area contributed by atoms with Crippen LogP contribution in [0.15, 0.2) is 90.4 Å². The van der Waals surface area contributed by atoms with Crippen molar-refractivity contribution in [3.8, 4) is 11.1 Å². The van der Waals surface area contributed by atoms with Gasteiger partial charge in [-0.2, -0.15) is 0 Å². The lowest BCUT2D eigenvalue weighted by atomic mass is 9.77. The topological polar surface area (TPSA) is 64.2 Å². The van der Waals surface area contributed by atoms with Gasteiger partial charge in [0.25, 0.3) is 0 Å². The first kappa shape index (κ1) is 18.1. The lowest BCUT2D eigenvalue weighted by Gasteiger charge is -2.29. The van der Waals surface area contributed by atoms with Crippen LogP contribution >= 0.6 is 0 Å². The molecule has 0 aliphatic carbocycles. The number of aliphatic imine (C=N–C) groups is 1. The highest BCUT2D eigenvalue weighted by Crippen LogP contribution is 2.47. The molecule has 0 amide bonds. The Balaban J connectivity index is 1.81. The maximum Gasteiger partial charge on any atom is 0.147 e. The van der Waals surface area contributed by atoms with Gasteiger partial charge in [-0.25, -0.2) is 13.8 Å². The molecular weight excluding hydrogens is 382 g/mol. The third kappa shape index (κ3) is 2.69. The molecule has 0 spiro atoms. The standard InChI is InChI=1S/C24H16F2N4/c25-18-11-16(12-29-13-18)15-4-3-5-17(10-15)24(21-8-9-28-14-22(21)26)20-7-2-1-6-19(20)23(27)30-24/h1-14H,(H2,27,30). The summed E-state index contributed by atoms with van der Waals surface area (Å²) in [5.74, 6) is -0.579. The smallest absolute Gasteiger partial charge is 0.147 e. The van der Waals surface area contributed by atoms with Gasteiger partial charge in [-0.1, -0.05) is 42.5 Å². The highest BCUT2D eigenvalue weighted by atomic mass is 19.1. The summed E-state index contributed by atoms with van der Waals surface area (Å²) in [6, 6.07) is 18.0. The number of hydrogen-bond acceptors (Lipinski definition) is 4. The molecule has 0 bridgehead atoms. The van der Waals surface area contributed by atoms with Gasteiger partial charge < -0.3 is 5.73 Å². The summed E-state index contributed by atoms with van der Waals surface area (Å²) in [5, 5.41) is 0. The number of amidine groups is 1. The molecule has 5 rings (SSSR count). The number of fused-ring (bicyclic) bond motifs is 1. The SMILES string of the molecule is NC1=NC(c2cccc(-c3cncc(F)c3)c2)(c2ccncc2F)c2ccccc21. The van der Waals surface area contributed by atoms with Crippen molar-refractivity contribution in [3.63, 3.8) is 0 Å². The summed E-state index contributed by atoms with van der Waals surface area (Å²) in [5.41, 5.74) is 9.04. The van der Waals surface area contributed by atoms with Gasteiger partial charge in [-0.3, -0.25) is 9.97 Å². The Morgan fingerprint density at radius 1 is 0.767 bits per heavy atom. The molecule has 2 aromatic carbocycles. The van der Waals surface area contributed by atoms with E-state index in [1.54, 1.807) is 12.3 Å². The van der Waals surface area contributed by atoms with E-state index in [-0.39, 0.29) is 0 Å². The van der Waals surface area contributed by atoms with E-state index in [2.05, 4.69) is 9.97 Å². The first-order chi connectivity index (χ1) is 14.6. The summed E-state index contributed by atoms with van der Waals surface area (Å²) in [4.78, 5) is 12.6. The molecule has 1 aliphatic rings. The van der Waals surface area contributed by atoms with Crippen molar-refractivity contribution in [3.05, 3.63) is 119 Å². The minimum Gasteiger partial charge on any atom is -0.383 e. The summed E-state index contributed by atoms with van der Waals surface area (Å²) < 4.78 is 28.8. The zero-order valence-corrected chi connectivity index (χ0v) is 15.8. The quantitative estimate of drug-likeness (QED) is 0.555. The van der Waals surface area contributed by atoms with Gasteiger partial charge in [0, 0.05) is 29.1 Å². The van der Waals surface area contributed by atoms with Crippen LogP contribution in [0, 0.1) is 11.6 Å². The number of benzene rings is 2. The van der Waals surface area contributed by atoms with Crippen LogP contribution in [0.1, 0.15) is 22.3 Å². The van der Waals surface area contributed by atoms with Gasteiger partial charge in [0.05, 0.1) is 12.4 Å². The van der Waals surface area contributed by atoms with Gasteiger partial charge in [-0.15, -0.1) is 0 Å². The van der Waals surface area contributed by atoms with Crippen LogP contribution in [0.2, 0.25) is 0 Å². The second-order valence-corrected chi connectivity index (χ2v) is 7.08. The second kappa shape index (κ2) is 6.84. The number of halogens is 2. The molecular formula is C24H16F2N4. The van der Waals surface area contributed by atoms with E-state index in [1.807, 2.05) is 48.5 Å². The predicted molar refractivity (Wildman–Crippen MR) is 111 cm³/mol. The predicted octanol–water partition coefficient (Wildman–Crippen LogP) is 4.43. The summed E-state index contributed by atoms with van der Waals surface area (Å²) in [6.07, 6.45) is 5.44. The fraction of sp³-hybridized carbons (Fsp3) is 0.0417. The normalized spacial score (nSPS) is 17.5. The van der Waals surface area contributed by atoms with Crippen molar-refractivity contribution in [1.29, 1.82) is 0 Å². The van der Waals surface area contributed by atoms with Gasteiger partial charge in [-0.05, 0) is 34.9 Å². The van der Waals surface area contributed by atoms with E-state index in [9.17, 15) is 4.39 Å². The fourth-order valence-corrected chi connectivity index (χ4v) is 4.07. The van der Waals surface area contributed by atoms with Crippen molar-refractivity contribution in [2.24, 2.45) is 10.7 Å². The average Bonchev–Trinajstić information content (AvgIpc) is 3.08. The molecule has 146 valence electrons. The Morgan fingerprint density at radius 3 is 2.47 bits per heavy atom. The third-order valence-electron chi connectivity index (χ3n) is 5.36. The molecule has 0 saturated heterocycles. The zero-order chi connectivity index (χ0) is 20.7. The minimum absolute atomic E-state index is 0.333. The molecule has 2 N–H and O–H groups in total. The Morgan fingerprint density at radius 2 is 1.63 bits per heavy atom. The molecule has 0 saturated carbocycles. The van der Waals surface area contributed by atoms with Crippen LogP contribution in [-0.2, 0) is 5.54 Å². The number of hydrogen-bond donors (Lipinski definition) is 1. The van der Waals surface area contributed by atoms with Crippen LogP contribution in [-0.4, -0.2) is 15.8 Å². The molecule has 0 radical (unpaired) electrons. The van der Waals surface area contributed by atoms with Gasteiger partial charge in [0.1, 0.15) is 23.0 Å². The van der Waals surface area contributed by atoms with Crippen LogP contribution in [0.3, 0.4) is 0 Å². The summed E-state index contributed by atoms with van der Waals surface area (Å²) in [6.45, 7) is 0. The second-order valence-electron chi connectivity index (χ2n) is 7.08. The van der Waals surface area contributed by atoms with Gasteiger partial charge in [0.15, 0.2) is 0 Å². The maximum atomic E-state index is 15.0. The van der Waals surface area contributed by atoms with E-state index in [1.165, 1.54) is 18.5 Å².